The molecule has 182 valence electrons. The van der Waals surface area contributed by atoms with Gasteiger partial charge in [0, 0.05) is 28.3 Å². The highest BCUT2D eigenvalue weighted by Gasteiger charge is 2.26. The molecule has 2 N–H and O–H groups in total. The Bertz CT molecular complexity index is 1320. The van der Waals surface area contributed by atoms with E-state index in [9.17, 15) is 9.59 Å². The van der Waals surface area contributed by atoms with E-state index in [1.807, 2.05) is 30.3 Å². The summed E-state index contributed by atoms with van der Waals surface area (Å²) in [7, 11) is 0. The molecule has 2 aliphatic carbocycles. The number of allylic oxidation sites excluding steroid dienone is 1. The molecule has 2 heterocycles. The van der Waals surface area contributed by atoms with Crippen LogP contribution in [-0.4, -0.2) is 36.3 Å². The topological polar surface area (TPSA) is 114 Å². The van der Waals surface area contributed by atoms with Gasteiger partial charge in [-0.25, -0.2) is 0 Å². The van der Waals surface area contributed by atoms with Crippen LogP contribution < -0.4 is 5.56 Å². The number of aliphatic carboxylic acids is 1. The van der Waals surface area contributed by atoms with Crippen LogP contribution in [0.1, 0.15) is 72.7 Å². The molecule has 8 nitrogen and oxygen atoms in total. The second-order valence-corrected chi connectivity index (χ2v) is 9.90. The molecule has 2 fully saturated rings. The minimum atomic E-state index is -1.02. The molecule has 9 heteroatoms. The zero-order chi connectivity index (χ0) is 24.4. The quantitative estimate of drug-likeness (QED) is 0.457. The lowest BCUT2D eigenvalue weighted by Gasteiger charge is -2.14. The average molecular weight is 494 g/mol. The van der Waals surface area contributed by atoms with E-state index in [-0.39, 0.29) is 12.1 Å². The number of carbonyl (C=O) groups is 1. The van der Waals surface area contributed by atoms with E-state index in [2.05, 4.69) is 26.5 Å². The standard InChI is InChI=1S/C26H28ClN5O3/c27-22-14-19(8-7-18(22)9-12-24-29-31-32(30-24)15-25(33)34)21(13-16-3-1-2-4-16)23-11-10-20(17-5-6-17)26(35)28-23/h7-8,10-11,13-14,16-17H,1-6,9,12,15H2,(H,28,35)(H,33,34)/b21-13+. The molecule has 1 aromatic carbocycles. The number of pyridine rings is 1. The Labute approximate surface area is 208 Å². The zero-order valence-corrected chi connectivity index (χ0v) is 20.2. The van der Waals surface area contributed by atoms with Crippen LogP contribution >= 0.6 is 11.6 Å². The van der Waals surface area contributed by atoms with E-state index >= 15 is 0 Å². The summed E-state index contributed by atoms with van der Waals surface area (Å²) in [5.74, 6) is 0.359. The number of carboxylic acid groups (broad SMARTS) is 1. The normalized spacial score (nSPS) is 16.7. The fourth-order valence-corrected chi connectivity index (χ4v) is 5.06. The molecule has 3 aromatic rings. The van der Waals surface area contributed by atoms with Gasteiger partial charge in [0.05, 0.1) is 0 Å². The molecule has 0 aliphatic heterocycles. The van der Waals surface area contributed by atoms with Gasteiger partial charge in [0.1, 0.15) is 0 Å². The summed E-state index contributed by atoms with van der Waals surface area (Å²) in [6.07, 6.45) is 10.4. The number of tetrazole rings is 1. The number of nitrogens with zero attached hydrogens (tertiary/aromatic N) is 4. The Morgan fingerprint density at radius 2 is 1.94 bits per heavy atom. The maximum atomic E-state index is 12.7. The lowest BCUT2D eigenvalue weighted by molar-refractivity contribution is -0.138. The molecule has 0 saturated heterocycles. The fourth-order valence-electron chi connectivity index (χ4n) is 4.79. The highest BCUT2D eigenvalue weighted by atomic mass is 35.5. The smallest absolute Gasteiger partial charge is 0.327 e. The summed E-state index contributed by atoms with van der Waals surface area (Å²) in [5.41, 5.74) is 4.66. The van der Waals surface area contributed by atoms with E-state index in [1.54, 1.807) is 0 Å². The first-order valence-electron chi connectivity index (χ1n) is 12.2. The number of nitrogens with one attached hydrogen (secondary N) is 1. The molecule has 2 aromatic heterocycles. The number of rotatable bonds is 9. The number of benzene rings is 1. The van der Waals surface area contributed by atoms with Crippen molar-refractivity contribution in [3.05, 3.63) is 80.0 Å². The van der Waals surface area contributed by atoms with Gasteiger partial charge >= 0.3 is 5.97 Å². The van der Waals surface area contributed by atoms with Crippen molar-refractivity contribution in [2.45, 2.75) is 63.8 Å². The second kappa shape index (κ2) is 10.2. The van der Waals surface area contributed by atoms with Gasteiger partial charge in [0.15, 0.2) is 12.4 Å². The SMILES string of the molecule is O=C(O)Cn1nnc(CCc2ccc(/C(=C\C3CCCC3)c3ccc(C4CC4)c(=O)[nH]3)cc2Cl)n1. The van der Waals surface area contributed by atoms with Crippen LogP contribution in [0.2, 0.25) is 5.02 Å². The molecule has 35 heavy (non-hydrogen) atoms. The van der Waals surface area contributed by atoms with Crippen LogP contribution in [0.25, 0.3) is 5.57 Å². The molecule has 2 aliphatic rings. The highest BCUT2D eigenvalue weighted by Crippen LogP contribution is 2.39. The average Bonchev–Trinajstić information content (AvgIpc) is 3.34. The van der Waals surface area contributed by atoms with Crippen LogP contribution in [0.4, 0.5) is 0 Å². The Kier molecular flexibility index (Phi) is 6.81. The van der Waals surface area contributed by atoms with Crippen molar-refractivity contribution in [2.75, 3.05) is 0 Å². The van der Waals surface area contributed by atoms with Gasteiger partial charge in [-0.2, -0.15) is 4.80 Å². The largest absolute Gasteiger partial charge is 0.480 e. The molecule has 5 rings (SSSR count). The van der Waals surface area contributed by atoms with Crippen molar-refractivity contribution in [3.8, 4) is 0 Å². The fraction of sp³-hybridized carbons (Fsp3) is 0.423. The van der Waals surface area contributed by atoms with E-state index in [1.165, 1.54) is 12.8 Å². The molecule has 0 atom stereocenters. The first kappa shape index (κ1) is 23.5. The summed E-state index contributed by atoms with van der Waals surface area (Å²) in [6.45, 7) is -0.317. The number of aromatic amines is 1. The summed E-state index contributed by atoms with van der Waals surface area (Å²) in [5, 5.41) is 21.3. The van der Waals surface area contributed by atoms with Gasteiger partial charge < -0.3 is 10.1 Å². The van der Waals surface area contributed by atoms with E-state index in [4.69, 9.17) is 16.7 Å². The lowest BCUT2D eigenvalue weighted by Crippen LogP contribution is -2.13. The number of carboxylic acids is 1. The van der Waals surface area contributed by atoms with Gasteiger partial charge in [0.2, 0.25) is 0 Å². The summed E-state index contributed by atoms with van der Waals surface area (Å²) < 4.78 is 0. The molecule has 0 bridgehead atoms. The van der Waals surface area contributed by atoms with Gasteiger partial charge in [-0.1, -0.05) is 48.7 Å². The van der Waals surface area contributed by atoms with E-state index in [0.717, 1.165) is 58.4 Å². The molecule has 0 radical (unpaired) electrons. The number of hydrogen-bond donors (Lipinski definition) is 2. The van der Waals surface area contributed by atoms with Crippen molar-refractivity contribution in [2.24, 2.45) is 5.92 Å². The maximum Gasteiger partial charge on any atom is 0.327 e. The molecular formula is C26H28ClN5O3. The number of hydrogen-bond acceptors (Lipinski definition) is 5. The van der Waals surface area contributed by atoms with E-state index in [0.29, 0.717) is 35.5 Å². The predicted octanol–water partition coefficient (Wildman–Crippen LogP) is 4.38. The molecule has 0 unspecified atom stereocenters. The van der Waals surface area contributed by atoms with Crippen molar-refractivity contribution in [1.82, 2.24) is 25.2 Å². The van der Waals surface area contributed by atoms with Crippen molar-refractivity contribution >= 4 is 23.1 Å². The zero-order valence-electron chi connectivity index (χ0n) is 19.4. The minimum absolute atomic E-state index is 0.00786. The number of H-pyrrole nitrogens is 1. The Balaban J connectivity index is 1.38. The van der Waals surface area contributed by atoms with Crippen LogP contribution in [0.3, 0.4) is 0 Å². The van der Waals surface area contributed by atoms with Crippen LogP contribution in [-0.2, 0) is 24.2 Å². The summed E-state index contributed by atoms with van der Waals surface area (Å²) in [4.78, 5) is 27.7. The monoisotopic (exact) mass is 493 g/mol. The first-order valence-corrected chi connectivity index (χ1v) is 12.6. The minimum Gasteiger partial charge on any atom is -0.480 e. The third-order valence-corrected chi connectivity index (χ3v) is 7.15. The van der Waals surface area contributed by atoms with Crippen LogP contribution in [0.15, 0.2) is 41.2 Å². The van der Waals surface area contributed by atoms with Crippen LogP contribution in [0, 0.1) is 5.92 Å². The van der Waals surface area contributed by atoms with Gasteiger partial charge in [-0.15, -0.1) is 10.2 Å². The third-order valence-electron chi connectivity index (χ3n) is 6.80. The second-order valence-electron chi connectivity index (χ2n) is 9.49. The lowest BCUT2D eigenvalue weighted by atomic mass is 9.94. The van der Waals surface area contributed by atoms with E-state index < -0.39 is 5.97 Å². The molecule has 0 spiro atoms. The Morgan fingerprint density at radius 1 is 1.14 bits per heavy atom. The number of aromatic nitrogens is 5. The molecule has 2 saturated carbocycles. The first-order chi connectivity index (χ1) is 17.0. The van der Waals surface area contributed by atoms with Crippen molar-refractivity contribution in [3.63, 3.8) is 0 Å². The highest BCUT2D eigenvalue weighted by molar-refractivity contribution is 6.31. The van der Waals surface area contributed by atoms with Gasteiger partial charge in [-0.05, 0) is 72.4 Å². The van der Waals surface area contributed by atoms with Crippen LogP contribution in [0.5, 0.6) is 0 Å². The summed E-state index contributed by atoms with van der Waals surface area (Å²) in [6, 6.07) is 10.0. The molecular weight excluding hydrogens is 466 g/mol. The van der Waals surface area contributed by atoms with Crippen molar-refractivity contribution in [1.29, 1.82) is 0 Å². The summed E-state index contributed by atoms with van der Waals surface area (Å²) >= 11 is 6.69. The van der Waals surface area contributed by atoms with Gasteiger partial charge in [-0.3, -0.25) is 9.59 Å². The third kappa shape index (κ3) is 5.70. The Morgan fingerprint density at radius 3 is 2.63 bits per heavy atom. The Hall–Kier alpha value is -3.26. The van der Waals surface area contributed by atoms with Gasteiger partial charge in [0.25, 0.3) is 5.56 Å². The molecule has 0 amide bonds. The number of halogens is 1. The number of aryl methyl sites for hydroxylation is 2. The van der Waals surface area contributed by atoms with Crippen molar-refractivity contribution < 1.29 is 9.90 Å². The maximum absolute atomic E-state index is 12.7. The predicted molar refractivity (Wildman–Crippen MR) is 132 cm³/mol.